The van der Waals surface area contributed by atoms with Crippen molar-refractivity contribution in [2.45, 2.75) is 44.6 Å². The van der Waals surface area contributed by atoms with Gasteiger partial charge in [0.1, 0.15) is 0 Å². The number of morpholine rings is 1. The number of hydrogen-bond donors (Lipinski definition) is 1. The summed E-state index contributed by atoms with van der Waals surface area (Å²) in [6.45, 7) is 3.85. The zero-order chi connectivity index (χ0) is 14.9. The van der Waals surface area contributed by atoms with Crippen molar-refractivity contribution in [1.82, 2.24) is 10.2 Å². The van der Waals surface area contributed by atoms with Crippen LogP contribution >= 0.6 is 0 Å². The van der Waals surface area contributed by atoms with Gasteiger partial charge in [0.05, 0.1) is 19.2 Å². The molecular formula is C16H25N3O2. The first-order valence-corrected chi connectivity index (χ1v) is 8.17. The zero-order valence-corrected chi connectivity index (χ0v) is 12.8. The molecular weight excluding hydrogens is 266 g/mol. The van der Waals surface area contributed by atoms with E-state index in [1.807, 2.05) is 0 Å². The lowest BCUT2D eigenvalue weighted by molar-refractivity contribution is -0.0493. The second-order valence-electron chi connectivity index (χ2n) is 7.07. The molecule has 2 amide bonds. The van der Waals surface area contributed by atoms with Gasteiger partial charge in [-0.15, -0.1) is 0 Å². The Hall–Kier alpha value is -1.28. The van der Waals surface area contributed by atoms with Crippen molar-refractivity contribution in [2.75, 3.05) is 26.2 Å². The van der Waals surface area contributed by atoms with Crippen molar-refractivity contribution in [2.24, 2.45) is 17.8 Å². The molecule has 1 N–H and O–H groups in total. The van der Waals surface area contributed by atoms with E-state index in [4.69, 9.17) is 10.00 Å². The molecule has 0 aromatic heterocycles. The molecule has 116 valence electrons. The summed E-state index contributed by atoms with van der Waals surface area (Å²) in [5, 5.41) is 12.1. The van der Waals surface area contributed by atoms with Gasteiger partial charge in [-0.2, -0.15) is 5.26 Å². The molecule has 2 saturated carbocycles. The highest BCUT2D eigenvalue weighted by molar-refractivity contribution is 5.74. The number of nitrogens with zero attached hydrogens (tertiary/aromatic N) is 2. The molecule has 1 saturated heterocycles. The van der Waals surface area contributed by atoms with Crippen LogP contribution in [0.15, 0.2) is 0 Å². The lowest BCUT2D eigenvalue weighted by Gasteiger charge is -2.36. The molecule has 2 aliphatic carbocycles. The molecule has 5 nitrogen and oxygen atoms in total. The van der Waals surface area contributed by atoms with E-state index in [2.05, 4.69) is 11.4 Å². The number of carbonyl (C=O) groups excluding carboxylic acids is 1. The van der Waals surface area contributed by atoms with Gasteiger partial charge in [0.15, 0.2) is 5.60 Å². The third-order valence-electron chi connectivity index (χ3n) is 5.47. The summed E-state index contributed by atoms with van der Waals surface area (Å²) in [6, 6.07) is 2.09. The fraction of sp³-hybridized carbons (Fsp3) is 0.875. The topological polar surface area (TPSA) is 65.4 Å². The molecule has 0 spiro atoms. The molecule has 4 atom stereocenters. The summed E-state index contributed by atoms with van der Waals surface area (Å²) in [7, 11) is 0. The van der Waals surface area contributed by atoms with E-state index in [1.54, 1.807) is 11.8 Å². The molecule has 1 heterocycles. The Morgan fingerprint density at radius 3 is 3.00 bits per heavy atom. The smallest absolute Gasteiger partial charge is 0.317 e. The maximum Gasteiger partial charge on any atom is 0.317 e. The maximum absolute atomic E-state index is 12.2. The van der Waals surface area contributed by atoms with Crippen molar-refractivity contribution >= 4 is 6.03 Å². The van der Waals surface area contributed by atoms with Crippen LogP contribution in [0, 0.1) is 29.1 Å². The van der Waals surface area contributed by atoms with Crippen LogP contribution in [0.1, 0.15) is 39.0 Å². The Kier molecular flexibility index (Phi) is 4.08. The Morgan fingerprint density at radius 1 is 1.48 bits per heavy atom. The Balaban J connectivity index is 1.41. The van der Waals surface area contributed by atoms with E-state index in [9.17, 15) is 4.79 Å². The summed E-state index contributed by atoms with van der Waals surface area (Å²) in [4.78, 5) is 13.9. The molecule has 3 rings (SSSR count). The van der Waals surface area contributed by atoms with Crippen molar-refractivity contribution in [3.05, 3.63) is 0 Å². The molecule has 2 bridgehead atoms. The molecule has 5 heteroatoms. The van der Waals surface area contributed by atoms with Crippen LogP contribution in [0.2, 0.25) is 0 Å². The minimum Gasteiger partial charge on any atom is -0.357 e. The Labute approximate surface area is 126 Å². The van der Waals surface area contributed by atoms with Crippen LogP contribution in [-0.2, 0) is 4.74 Å². The van der Waals surface area contributed by atoms with Gasteiger partial charge in [0, 0.05) is 13.1 Å². The lowest BCUT2D eigenvalue weighted by Crippen LogP contribution is -2.54. The number of nitriles is 1. The van der Waals surface area contributed by atoms with Gasteiger partial charge in [0.25, 0.3) is 0 Å². The fourth-order valence-corrected chi connectivity index (χ4v) is 4.32. The number of carbonyl (C=O) groups is 1. The third kappa shape index (κ3) is 3.16. The molecule has 4 unspecified atom stereocenters. The standard InChI is InChI=1S/C16H25N3O2/c1-16(10-17)11-19(6-7-21-16)15(20)18-5-4-14-9-12-2-3-13(14)8-12/h12-14H,2-9,11H2,1H3,(H,18,20). The number of nitrogens with one attached hydrogen (secondary N) is 1. The second kappa shape index (κ2) is 5.84. The molecule has 3 fully saturated rings. The molecule has 1 aliphatic heterocycles. The van der Waals surface area contributed by atoms with Gasteiger partial charge < -0.3 is 15.0 Å². The first-order chi connectivity index (χ1) is 10.1. The van der Waals surface area contributed by atoms with Crippen LogP contribution in [0.25, 0.3) is 0 Å². The van der Waals surface area contributed by atoms with E-state index < -0.39 is 5.60 Å². The average Bonchev–Trinajstić information content (AvgIpc) is 3.10. The fourth-order valence-electron chi connectivity index (χ4n) is 4.32. The monoisotopic (exact) mass is 291 g/mol. The van der Waals surface area contributed by atoms with Crippen LogP contribution in [0.3, 0.4) is 0 Å². The maximum atomic E-state index is 12.2. The summed E-state index contributed by atoms with van der Waals surface area (Å²) in [5.74, 6) is 2.70. The van der Waals surface area contributed by atoms with E-state index in [1.165, 1.54) is 25.7 Å². The van der Waals surface area contributed by atoms with E-state index in [0.717, 1.165) is 30.7 Å². The lowest BCUT2D eigenvalue weighted by atomic mass is 9.86. The molecule has 0 radical (unpaired) electrons. The normalized spacial score (nSPS) is 38.3. The van der Waals surface area contributed by atoms with Gasteiger partial charge >= 0.3 is 6.03 Å². The number of fused-ring (bicyclic) bond motifs is 2. The molecule has 0 aromatic carbocycles. The van der Waals surface area contributed by atoms with Crippen molar-refractivity contribution < 1.29 is 9.53 Å². The Bertz CT molecular complexity index is 447. The minimum atomic E-state index is -0.861. The third-order valence-corrected chi connectivity index (χ3v) is 5.47. The molecule has 3 aliphatic rings. The van der Waals surface area contributed by atoms with Crippen LogP contribution in [0.4, 0.5) is 4.79 Å². The predicted molar refractivity (Wildman–Crippen MR) is 78.5 cm³/mol. The van der Waals surface area contributed by atoms with Crippen molar-refractivity contribution in [3.63, 3.8) is 0 Å². The van der Waals surface area contributed by atoms with Crippen molar-refractivity contribution in [1.29, 1.82) is 5.26 Å². The van der Waals surface area contributed by atoms with E-state index >= 15 is 0 Å². The van der Waals surface area contributed by atoms with Gasteiger partial charge in [-0.05, 0) is 50.4 Å². The SMILES string of the molecule is CC1(C#N)CN(C(=O)NCCC2CC3CCC2C3)CCO1. The number of rotatable bonds is 3. The summed E-state index contributed by atoms with van der Waals surface area (Å²) in [5.41, 5.74) is -0.861. The first-order valence-electron chi connectivity index (χ1n) is 8.17. The highest BCUT2D eigenvalue weighted by atomic mass is 16.5. The van der Waals surface area contributed by atoms with Gasteiger partial charge in [0.2, 0.25) is 0 Å². The van der Waals surface area contributed by atoms with Crippen molar-refractivity contribution in [3.8, 4) is 6.07 Å². The number of ether oxygens (including phenoxy) is 1. The van der Waals surface area contributed by atoms with Gasteiger partial charge in [-0.1, -0.05) is 6.42 Å². The highest BCUT2D eigenvalue weighted by Gasteiger charge is 2.39. The van der Waals surface area contributed by atoms with Gasteiger partial charge in [-0.3, -0.25) is 0 Å². The second-order valence-corrected chi connectivity index (χ2v) is 7.07. The Morgan fingerprint density at radius 2 is 2.33 bits per heavy atom. The summed E-state index contributed by atoms with van der Waals surface area (Å²) >= 11 is 0. The zero-order valence-electron chi connectivity index (χ0n) is 12.8. The van der Waals surface area contributed by atoms with Crippen LogP contribution in [-0.4, -0.2) is 42.8 Å². The number of urea groups is 1. The number of amides is 2. The van der Waals surface area contributed by atoms with E-state index in [-0.39, 0.29) is 6.03 Å². The first kappa shape index (κ1) is 14.6. The largest absolute Gasteiger partial charge is 0.357 e. The minimum absolute atomic E-state index is 0.0528. The van der Waals surface area contributed by atoms with Gasteiger partial charge in [-0.25, -0.2) is 4.79 Å². The number of hydrogen-bond acceptors (Lipinski definition) is 3. The summed E-state index contributed by atoms with van der Waals surface area (Å²) < 4.78 is 5.43. The molecule has 21 heavy (non-hydrogen) atoms. The summed E-state index contributed by atoms with van der Waals surface area (Å²) in [6.07, 6.45) is 6.71. The van der Waals surface area contributed by atoms with Crippen LogP contribution in [0.5, 0.6) is 0 Å². The van der Waals surface area contributed by atoms with Crippen LogP contribution < -0.4 is 5.32 Å². The van der Waals surface area contributed by atoms with E-state index in [0.29, 0.717) is 19.7 Å². The quantitative estimate of drug-likeness (QED) is 0.866. The average molecular weight is 291 g/mol. The predicted octanol–water partition coefficient (Wildman–Crippen LogP) is 2.14. The highest BCUT2D eigenvalue weighted by Crippen LogP contribution is 2.49. The molecule has 0 aromatic rings.